The summed E-state index contributed by atoms with van der Waals surface area (Å²) in [4.78, 5) is 22.7. The number of hydrogen-bond donors (Lipinski definition) is 2. The van der Waals surface area contributed by atoms with E-state index in [1.54, 1.807) is 6.20 Å². The Hall–Kier alpha value is -3.34. The second-order valence-electron chi connectivity index (χ2n) is 7.33. The van der Waals surface area contributed by atoms with Crippen molar-refractivity contribution in [3.8, 4) is 11.8 Å². The van der Waals surface area contributed by atoms with Crippen LogP contribution in [0.15, 0.2) is 36.7 Å². The third kappa shape index (κ3) is 6.08. The number of nitrogens with one attached hydrogen (secondary N) is 2. The number of unbranched alkanes of at least 4 members (excludes halogenated alkanes) is 1. The lowest BCUT2D eigenvalue weighted by molar-refractivity contribution is 0.248. The summed E-state index contributed by atoms with van der Waals surface area (Å²) < 4.78 is 5.63. The molecule has 8 heteroatoms. The van der Waals surface area contributed by atoms with Crippen molar-refractivity contribution < 1.29 is 9.53 Å². The van der Waals surface area contributed by atoms with Crippen LogP contribution in [0.2, 0.25) is 0 Å². The molecule has 8 nitrogen and oxygen atoms in total. The van der Waals surface area contributed by atoms with Gasteiger partial charge in [-0.05, 0) is 49.4 Å². The Balaban J connectivity index is 1.39. The average molecular weight is 409 g/mol. The largest absolute Gasteiger partial charge is 0.494 e. The summed E-state index contributed by atoms with van der Waals surface area (Å²) in [6, 6.07) is 9.29. The summed E-state index contributed by atoms with van der Waals surface area (Å²) in [6.45, 7) is 5.03. The monoisotopic (exact) mass is 408 g/mol. The number of rotatable bonds is 8. The lowest BCUT2D eigenvalue weighted by atomic mass is 9.97. The maximum Gasteiger partial charge on any atom is 0.319 e. The third-order valence-electron chi connectivity index (χ3n) is 5.13. The van der Waals surface area contributed by atoms with Gasteiger partial charge in [-0.25, -0.2) is 14.8 Å². The first kappa shape index (κ1) is 21.4. The minimum absolute atomic E-state index is 0.210. The van der Waals surface area contributed by atoms with E-state index in [-0.39, 0.29) is 6.03 Å². The molecular formula is C22H28N6O2. The number of aromatic nitrogens is 2. The van der Waals surface area contributed by atoms with Crippen LogP contribution < -0.4 is 20.3 Å². The fraction of sp³-hybridized carbons (Fsp3) is 0.455. The number of ether oxygens (including phenoxy) is 1. The Morgan fingerprint density at radius 3 is 2.67 bits per heavy atom. The van der Waals surface area contributed by atoms with E-state index in [1.165, 1.54) is 6.20 Å². The molecule has 1 saturated heterocycles. The quantitative estimate of drug-likeness (QED) is 0.647. The van der Waals surface area contributed by atoms with E-state index in [0.717, 1.165) is 50.2 Å². The van der Waals surface area contributed by atoms with Gasteiger partial charge in [-0.3, -0.25) is 0 Å². The molecule has 0 unspecified atom stereocenters. The van der Waals surface area contributed by atoms with Gasteiger partial charge in [0.1, 0.15) is 11.8 Å². The smallest absolute Gasteiger partial charge is 0.319 e. The minimum Gasteiger partial charge on any atom is -0.494 e. The van der Waals surface area contributed by atoms with Crippen molar-refractivity contribution in [3.63, 3.8) is 0 Å². The van der Waals surface area contributed by atoms with Gasteiger partial charge in [-0.1, -0.05) is 13.3 Å². The summed E-state index contributed by atoms with van der Waals surface area (Å²) in [5, 5.41) is 15.0. The summed E-state index contributed by atoms with van der Waals surface area (Å²) in [5.41, 5.74) is 1.09. The number of urea groups is 1. The lowest BCUT2D eigenvalue weighted by Gasteiger charge is -2.32. The number of amides is 2. The van der Waals surface area contributed by atoms with Crippen LogP contribution in [-0.4, -0.2) is 42.2 Å². The lowest BCUT2D eigenvalue weighted by Crippen LogP contribution is -2.40. The molecule has 0 atom stereocenters. The molecule has 3 rings (SSSR count). The number of carbonyl (C=O) groups excluding carboxylic acids is 1. The maximum atomic E-state index is 12.2. The number of nitrogens with zero attached hydrogens (tertiary/aromatic N) is 4. The van der Waals surface area contributed by atoms with Crippen LogP contribution in [0.4, 0.5) is 16.3 Å². The molecule has 2 amide bonds. The zero-order valence-corrected chi connectivity index (χ0v) is 17.3. The highest BCUT2D eigenvalue weighted by Crippen LogP contribution is 2.23. The number of nitriles is 1. The highest BCUT2D eigenvalue weighted by Gasteiger charge is 2.22. The molecular weight excluding hydrogens is 380 g/mol. The van der Waals surface area contributed by atoms with Gasteiger partial charge in [0, 0.05) is 37.7 Å². The van der Waals surface area contributed by atoms with Gasteiger partial charge in [0.25, 0.3) is 0 Å². The molecule has 1 aromatic heterocycles. The molecule has 30 heavy (non-hydrogen) atoms. The van der Waals surface area contributed by atoms with Gasteiger partial charge in [0.15, 0.2) is 11.5 Å². The molecule has 0 bridgehead atoms. The fourth-order valence-electron chi connectivity index (χ4n) is 3.37. The Labute approximate surface area is 177 Å². The van der Waals surface area contributed by atoms with Crippen molar-refractivity contribution in [1.29, 1.82) is 5.26 Å². The van der Waals surface area contributed by atoms with E-state index in [0.29, 0.717) is 30.6 Å². The summed E-state index contributed by atoms with van der Waals surface area (Å²) in [7, 11) is 0. The minimum atomic E-state index is -0.210. The van der Waals surface area contributed by atoms with Crippen molar-refractivity contribution >= 4 is 17.5 Å². The molecule has 1 aliphatic rings. The SMILES string of the molecule is CCCCOc1ccc(NC(=O)NCC2CCN(c3nccnc3C#N)CC2)cc1. The summed E-state index contributed by atoms with van der Waals surface area (Å²) >= 11 is 0. The first-order chi connectivity index (χ1) is 14.7. The van der Waals surface area contributed by atoms with Gasteiger partial charge in [-0.2, -0.15) is 5.26 Å². The van der Waals surface area contributed by atoms with Gasteiger partial charge >= 0.3 is 6.03 Å². The van der Waals surface area contributed by atoms with Crippen molar-refractivity contribution in [2.24, 2.45) is 5.92 Å². The zero-order chi connectivity index (χ0) is 21.2. The normalized spacial score (nSPS) is 14.1. The molecule has 0 aliphatic carbocycles. The number of piperidine rings is 1. The van der Waals surface area contributed by atoms with E-state index in [2.05, 4.69) is 38.5 Å². The predicted molar refractivity (Wildman–Crippen MR) is 116 cm³/mol. The van der Waals surface area contributed by atoms with Crippen LogP contribution in [0.25, 0.3) is 0 Å². The molecule has 0 spiro atoms. The van der Waals surface area contributed by atoms with Crippen LogP contribution in [-0.2, 0) is 0 Å². The Morgan fingerprint density at radius 2 is 1.97 bits per heavy atom. The first-order valence-corrected chi connectivity index (χ1v) is 10.4. The molecule has 1 aliphatic heterocycles. The van der Waals surface area contributed by atoms with Crippen molar-refractivity contribution in [3.05, 3.63) is 42.4 Å². The number of carbonyl (C=O) groups is 1. The van der Waals surface area contributed by atoms with E-state index < -0.39 is 0 Å². The number of hydrogen-bond acceptors (Lipinski definition) is 6. The van der Waals surface area contributed by atoms with E-state index >= 15 is 0 Å². The fourth-order valence-corrected chi connectivity index (χ4v) is 3.37. The molecule has 0 radical (unpaired) electrons. The van der Waals surface area contributed by atoms with Gasteiger partial charge in [-0.15, -0.1) is 0 Å². The van der Waals surface area contributed by atoms with Crippen molar-refractivity contribution in [2.75, 3.05) is 36.5 Å². The average Bonchev–Trinajstić information content (AvgIpc) is 2.79. The third-order valence-corrected chi connectivity index (χ3v) is 5.13. The van der Waals surface area contributed by atoms with Gasteiger partial charge in [0.2, 0.25) is 0 Å². The standard InChI is InChI=1S/C22H28N6O2/c1-2-3-14-30-19-6-4-18(5-7-19)27-22(29)26-16-17-8-12-28(13-9-17)21-20(15-23)24-10-11-25-21/h4-7,10-11,17H,2-3,8-9,12-14,16H2,1H3,(H2,26,27,29). The molecule has 2 heterocycles. The molecule has 1 fully saturated rings. The second-order valence-corrected chi connectivity index (χ2v) is 7.33. The highest BCUT2D eigenvalue weighted by molar-refractivity contribution is 5.89. The van der Waals surface area contributed by atoms with Crippen molar-refractivity contribution in [2.45, 2.75) is 32.6 Å². The van der Waals surface area contributed by atoms with Crippen LogP contribution in [0.1, 0.15) is 38.3 Å². The molecule has 1 aromatic carbocycles. The summed E-state index contributed by atoms with van der Waals surface area (Å²) in [6.07, 6.45) is 7.11. The molecule has 0 saturated carbocycles. The Morgan fingerprint density at radius 1 is 1.23 bits per heavy atom. The van der Waals surface area contributed by atoms with E-state index in [9.17, 15) is 10.1 Å². The molecule has 2 N–H and O–H groups in total. The Kier molecular flexibility index (Phi) is 7.84. The zero-order valence-electron chi connectivity index (χ0n) is 17.3. The first-order valence-electron chi connectivity index (χ1n) is 10.4. The number of anilines is 2. The van der Waals surface area contributed by atoms with Crippen LogP contribution >= 0.6 is 0 Å². The second kappa shape index (κ2) is 11.0. The summed E-state index contributed by atoms with van der Waals surface area (Å²) in [5.74, 6) is 1.85. The van der Waals surface area contributed by atoms with Crippen LogP contribution in [0.5, 0.6) is 5.75 Å². The Bertz CT molecular complexity index is 857. The number of benzene rings is 1. The van der Waals surface area contributed by atoms with Gasteiger partial charge < -0.3 is 20.3 Å². The molecule has 2 aromatic rings. The van der Waals surface area contributed by atoms with E-state index in [1.807, 2.05) is 24.3 Å². The van der Waals surface area contributed by atoms with Crippen LogP contribution in [0.3, 0.4) is 0 Å². The van der Waals surface area contributed by atoms with E-state index in [4.69, 9.17) is 4.74 Å². The topological polar surface area (TPSA) is 103 Å². The predicted octanol–water partition coefficient (Wildman–Crippen LogP) is 3.57. The maximum absolute atomic E-state index is 12.2. The molecule has 158 valence electrons. The van der Waals surface area contributed by atoms with Crippen LogP contribution in [0, 0.1) is 17.2 Å². The van der Waals surface area contributed by atoms with Crippen molar-refractivity contribution in [1.82, 2.24) is 15.3 Å². The van der Waals surface area contributed by atoms with Gasteiger partial charge in [0.05, 0.1) is 6.61 Å². The highest BCUT2D eigenvalue weighted by atomic mass is 16.5.